The average Bonchev–Trinajstić information content (AvgIpc) is 2.60. The Morgan fingerprint density at radius 3 is 2.86 bits per heavy atom. The predicted octanol–water partition coefficient (Wildman–Crippen LogP) is 1.12. The Balaban J connectivity index is 1.85. The molecule has 0 aromatic carbocycles. The number of hydrogen-bond donors (Lipinski definition) is 2. The van der Waals surface area contributed by atoms with Crippen LogP contribution in [0.2, 0.25) is 0 Å². The van der Waals surface area contributed by atoms with Crippen LogP contribution < -0.4 is 5.32 Å². The zero-order chi connectivity index (χ0) is 9.38. The number of aromatic nitrogens is 1. The van der Waals surface area contributed by atoms with E-state index in [1.54, 1.807) is 0 Å². The zero-order valence-corrected chi connectivity index (χ0v) is 8.37. The van der Waals surface area contributed by atoms with E-state index in [4.69, 9.17) is 0 Å². The number of H-pyrrole nitrogens is 1. The molecule has 1 aromatic heterocycles. The molecule has 2 N–H and O–H groups in total. The fourth-order valence-corrected chi connectivity index (χ4v) is 2.68. The Morgan fingerprint density at radius 2 is 2.14 bits per heavy atom. The van der Waals surface area contributed by atoms with Crippen molar-refractivity contribution >= 4 is 0 Å². The molecule has 1 atom stereocenters. The minimum absolute atomic E-state index is 0.567. The minimum Gasteiger partial charge on any atom is -0.364 e. The van der Waals surface area contributed by atoms with E-state index in [1.165, 1.54) is 31.6 Å². The van der Waals surface area contributed by atoms with Crippen molar-refractivity contribution in [2.24, 2.45) is 0 Å². The number of aromatic amines is 1. The monoisotopic (exact) mass is 191 g/mol. The highest BCUT2D eigenvalue weighted by molar-refractivity contribution is 5.11. The lowest BCUT2D eigenvalue weighted by Crippen LogP contribution is -2.35. The quantitative estimate of drug-likeness (QED) is 0.697. The number of piperidine rings is 1. The third kappa shape index (κ3) is 1.37. The van der Waals surface area contributed by atoms with Crippen LogP contribution in [0.15, 0.2) is 18.3 Å². The van der Waals surface area contributed by atoms with Gasteiger partial charge < -0.3 is 10.3 Å². The van der Waals surface area contributed by atoms with E-state index < -0.39 is 0 Å². The molecule has 4 rings (SSSR count). The molecule has 3 aliphatic rings. The topological polar surface area (TPSA) is 31.1 Å². The van der Waals surface area contributed by atoms with Crippen LogP contribution in [0.25, 0.3) is 0 Å². The summed E-state index contributed by atoms with van der Waals surface area (Å²) >= 11 is 0. The maximum absolute atomic E-state index is 3.65. The maximum atomic E-state index is 3.65. The molecule has 3 saturated heterocycles. The summed E-state index contributed by atoms with van der Waals surface area (Å²) in [5, 5.41) is 3.65. The summed E-state index contributed by atoms with van der Waals surface area (Å²) in [6, 6.07) is 5.63. The Hall–Kier alpha value is -0.800. The summed E-state index contributed by atoms with van der Waals surface area (Å²) in [5.74, 6) is 0. The second kappa shape index (κ2) is 3.41. The zero-order valence-electron chi connectivity index (χ0n) is 8.37. The summed E-state index contributed by atoms with van der Waals surface area (Å²) in [5.41, 5.74) is 1.36. The van der Waals surface area contributed by atoms with Crippen LogP contribution in [0.1, 0.15) is 24.6 Å². The van der Waals surface area contributed by atoms with Crippen molar-refractivity contribution in [3.63, 3.8) is 0 Å². The molecule has 1 unspecified atom stereocenters. The highest BCUT2D eigenvalue weighted by Crippen LogP contribution is 2.26. The summed E-state index contributed by atoms with van der Waals surface area (Å²) in [4.78, 5) is 5.94. The van der Waals surface area contributed by atoms with E-state index in [1.807, 2.05) is 6.20 Å². The van der Waals surface area contributed by atoms with E-state index in [9.17, 15) is 0 Å². The first kappa shape index (κ1) is 8.50. The molecule has 0 saturated carbocycles. The van der Waals surface area contributed by atoms with E-state index in [-0.39, 0.29) is 0 Å². The van der Waals surface area contributed by atoms with Crippen molar-refractivity contribution in [3.8, 4) is 0 Å². The minimum atomic E-state index is 0.567. The molecule has 1 aromatic rings. The van der Waals surface area contributed by atoms with Crippen molar-refractivity contribution in [1.29, 1.82) is 0 Å². The third-order valence-electron chi connectivity index (χ3n) is 3.55. The normalized spacial score (nSPS) is 37.0. The molecule has 0 spiro atoms. The first-order chi connectivity index (χ1) is 6.93. The van der Waals surface area contributed by atoms with E-state index in [0.29, 0.717) is 6.04 Å². The molecule has 14 heavy (non-hydrogen) atoms. The molecule has 3 aliphatic heterocycles. The van der Waals surface area contributed by atoms with E-state index in [0.717, 1.165) is 12.6 Å². The number of nitrogens with one attached hydrogen (secondary N) is 2. The molecule has 0 aliphatic carbocycles. The Labute approximate surface area is 84.5 Å². The van der Waals surface area contributed by atoms with Crippen molar-refractivity contribution in [2.45, 2.75) is 24.9 Å². The lowest BCUT2D eigenvalue weighted by Gasteiger charge is -2.30. The molecular weight excluding hydrogens is 174 g/mol. The van der Waals surface area contributed by atoms with Crippen molar-refractivity contribution in [3.05, 3.63) is 24.0 Å². The van der Waals surface area contributed by atoms with Crippen LogP contribution in [-0.2, 0) is 0 Å². The van der Waals surface area contributed by atoms with Crippen LogP contribution in [0.3, 0.4) is 0 Å². The van der Waals surface area contributed by atoms with Crippen molar-refractivity contribution < 1.29 is 0 Å². The average molecular weight is 191 g/mol. The second-order valence-corrected chi connectivity index (χ2v) is 4.36. The van der Waals surface area contributed by atoms with Gasteiger partial charge in [-0.2, -0.15) is 0 Å². The highest BCUT2D eigenvalue weighted by atomic mass is 15.2. The third-order valence-corrected chi connectivity index (χ3v) is 3.55. The molecule has 3 heteroatoms. The SMILES string of the molecule is c1c[nH]c(C2CNC3CCN2CC3)c1. The number of hydrogen-bond acceptors (Lipinski definition) is 2. The van der Waals surface area contributed by atoms with Crippen LogP contribution >= 0.6 is 0 Å². The van der Waals surface area contributed by atoms with Gasteiger partial charge in [0.2, 0.25) is 0 Å². The fourth-order valence-electron chi connectivity index (χ4n) is 2.68. The molecule has 0 radical (unpaired) electrons. The summed E-state index contributed by atoms with van der Waals surface area (Å²) in [7, 11) is 0. The smallest absolute Gasteiger partial charge is 0.0624 e. The van der Waals surface area contributed by atoms with Gasteiger partial charge in [0.25, 0.3) is 0 Å². The Bertz CT molecular complexity index is 285. The van der Waals surface area contributed by atoms with Gasteiger partial charge in [-0.05, 0) is 25.0 Å². The van der Waals surface area contributed by atoms with Crippen molar-refractivity contribution in [1.82, 2.24) is 15.2 Å². The molecular formula is C11H17N3. The summed E-state index contributed by atoms with van der Waals surface area (Å²) in [6.45, 7) is 3.61. The lowest BCUT2D eigenvalue weighted by molar-refractivity contribution is 0.186. The molecule has 3 fully saturated rings. The lowest BCUT2D eigenvalue weighted by atomic mass is 10.1. The summed E-state index contributed by atoms with van der Waals surface area (Å²) in [6.07, 6.45) is 4.65. The maximum Gasteiger partial charge on any atom is 0.0624 e. The highest BCUT2D eigenvalue weighted by Gasteiger charge is 2.30. The van der Waals surface area contributed by atoms with Gasteiger partial charge in [0.15, 0.2) is 0 Å². The molecule has 76 valence electrons. The second-order valence-electron chi connectivity index (χ2n) is 4.36. The Morgan fingerprint density at radius 1 is 1.29 bits per heavy atom. The van der Waals surface area contributed by atoms with Crippen LogP contribution in [0, 0.1) is 0 Å². The van der Waals surface area contributed by atoms with Gasteiger partial charge in [-0.3, -0.25) is 4.90 Å². The first-order valence-corrected chi connectivity index (χ1v) is 5.54. The number of nitrogens with zero attached hydrogens (tertiary/aromatic N) is 1. The number of fused-ring (bicyclic) bond motifs is 4. The molecule has 3 nitrogen and oxygen atoms in total. The van der Waals surface area contributed by atoms with Crippen LogP contribution in [0.5, 0.6) is 0 Å². The first-order valence-electron chi connectivity index (χ1n) is 5.54. The molecule has 4 heterocycles. The van der Waals surface area contributed by atoms with Gasteiger partial charge in [-0.1, -0.05) is 0 Å². The largest absolute Gasteiger partial charge is 0.364 e. The van der Waals surface area contributed by atoms with Gasteiger partial charge in [-0.15, -0.1) is 0 Å². The van der Waals surface area contributed by atoms with Crippen molar-refractivity contribution in [2.75, 3.05) is 19.6 Å². The van der Waals surface area contributed by atoms with Gasteiger partial charge >= 0.3 is 0 Å². The van der Waals surface area contributed by atoms with Crippen LogP contribution in [0.4, 0.5) is 0 Å². The van der Waals surface area contributed by atoms with Gasteiger partial charge in [0.1, 0.15) is 0 Å². The summed E-state index contributed by atoms with van der Waals surface area (Å²) < 4.78 is 0. The predicted molar refractivity (Wildman–Crippen MR) is 56.1 cm³/mol. The standard InChI is InChI=1S/C11H17N3/c1-2-10(12-5-1)11-8-13-9-3-6-14(11)7-4-9/h1-2,5,9,11-13H,3-4,6-8H2. The number of rotatable bonds is 1. The fraction of sp³-hybridized carbons (Fsp3) is 0.636. The molecule has 2 bridgehead atoms. The van der Waals surface area contributed by atoms with Gasteiger partial charge in [-0.25, -0.2) is 0 Å². The van der Waals surface area contributed by atoms with E-state index >= 15 is 0 Å². The molecule has 0 amide bonds. The van der Waals surface area contributed by atoms with Crippen LogP contribution in [-0.4, -0.2) is 35.6 Å². The van der Waals surface area contributed by atoms with Gasteiger partial charge in [0.05, 0.1) is 6.04 Å². The van der Waals surface area contributed by atoms with Gasteiger partial charge in [0, 0.05) is 37.6 Å². The van der Waals surface area contributed by atoms with E-state index in [2.05, 4.69) is 27.3 Å². The Kier molecular flexibility index (Phi) is 2.07.